The van der Waals surface area contributed by atoms with E-state index in [2.05, 4.69) is 42.1 Å². The molecule has 29 heavy (non-hydrogen) atoms. The van der Waals surface area contributed by atoms with Crippen molar-refractivity contribution in [1.29, 1.82) is 0 Å². The second-order valence-corrected chi connectivity index (χ2v) is 10.5. The number of aliphatic imine (C=N–C) groups is 1. The third-order valence-electron chi connectivity index (χ3n) is 5.62. The van der Waals surface area contributed by atoms with Crippen molar-refractivity contribution in [2.24, 2.45) is 10.9 Å². The first-order valence-corrected chi connectivity index (χ1v) is 12.8. The molecule has 1 saturated carbocycles. The molecule has 10 heteroatoms. The zero-order chi connectivity index (χ0) is 19.8. The molecular formula is C19H34IN5O2S2. The standard InChI is InChI=1S/C19H33N5O2S2.HI/c1-20-19(21-8-12-28(25,26)22-13-16-3-2-4-16)23-18-5-9-24(10-6-18)14-17-7-11-27-15-17;/h7,11,15-16,18,22H,2-6,8-10,12-14H2,1H3,(H2,20,21,23);1H. The maximum Gasteiger partial charge on any atom is 0.213 e. The molecule has 1 aromatic rings. The summed E-state index contributed by atoms with van der Waals surface area (Å²) in [7, 11) is -1.50. The fourth-order valence-corrected chi connectivity index (χ4v) is 5.25. The van der Waals surface area contributed by atoms with Crippen LogP contribution in [0.4, 0.5) is 0 Å². The fraction of sp³-hybridized carbons (Fsp3) is 0.737. The summed E-state index contributed by atoms with van der Waals surface area (Å²) in [6.07, 6.45) is 5.63. The molecule has 1 aromatic heterocycles. The van der Waals surface area contributed by atoms with Crippen LogP contribution in [0.3, 0.4) is 0 Å². The van der Waals surface area contributed by atoms with E-state index < -0.39 is 10.0 Å². The largest absolute Gasteiger partial charge is 0.355 e. The Morgan fingerprint density at radius 1 is 1.28 bits per heavy atom. The molecule has 1 saturated heterocycles. The Balaban J connectivity index is 0.00000300. The molecule has 0 unspecified atom stereocenters. The number of hydrogen-bond donors (Lipinski definition) is 3. The Labute approximate surface area is 196 Å². The topological polar surface area (TPSA) is 85.8 Å². The number of nitrogens with zero attached hydrogens (tertiary/aromatic N) is 2. The molecule has 1 aliphatic heterocycles. The number of sulfonamides is 1. The minimum Gasteiger partial charge on any atom is -0.355 e. The zero-order valence-electron chi connectivity index (χ0n) is 17.1. The summed E-state index contributed by atoms with van der Waals surface area (Å²) in [5.74, 6) is 1.28. The van der Waals surface area contributed by atoms with Crippen LogP contribution in [0.25, 0.3) is 0 Å². The highest BCUT2D eigenvalue weighted by Gasteiger charge is 2.21. The lowest BCUT2D eigenvalue weighted by atomic mass is 9.86. The molecule has 0 aromatic carbocycles. The van der Waals surface area contributed by atoms with Crippen LogP contribution >= 0.6 is 35.3 Å². The van der Waals surface area contributed by atoms with Gasteiger partial charge in [-0.25, -0.2) is 13.1 Å². The Morgan fingerprint density at radius 3 is 2.62 bits per heavy atom. The van der Waals surface area contributed by atoms with Gasteiger partial charge in [-0.2, -0.15) is 11.3 Å². The van der Waals surface area contributed by atoms with Crippen molar-refractivity contribution >= 4 is 51.3 Å². The lowest BCUT2D eigenvalue weighted by Gasteiger charge is -2.33. The minimum absolute atomic E-state index is 0. The van der Waals surface area contributed by atoms with Gasteiger partial charge in [0.2, 0.25) is 10.0 Å². The third kappa shape index (κ3) is 8.68. The number of rotatable bonds is 9. The summed E-state index contributed by atoms with van der Waals surface area (Å²) in [6, 6.07) is 2.56. The summed E-state index contributed by atoms with van der Waals surface area (Å²) in [5, 5.41) is 10.9. The molecule has 1 aliphatic carbocycles. The predicted molar refractivity (Wildman–Crippen MR) is 132 cm³/mol. The summed E-state index contributed by atoms with van der Waals surface area (Å²) < 4.78 is 26.9. The van der Waals surface area contributed by atoms with Crippen molar-refractivity contribution in [1.82, 2.24) is 20.3 Å². The average Bonchev–Trinajstić information content (AvgIpc) is 3.14. The van der Waals surface area contributed by atoms with E-state index in [4.69, 9.17) is 0 Å². The maximum absolute atomic E-state index is 12.1. The monoisotopic (exact) mass is 555 g/mol. The highest BCUT2D eigenvalue weighted by atomic mass is 127. The van der Waals surface area contributed by atoms with E-state index in [0.717, 1.165) is 45.3 Å². The normalized spacial score (nSPS) is 19.4. The summed E-state index contributed by atoms with van der Waals surface area (Å²) >= 11 is 1.75. The van der Waals surface area contributed by atoms with Crippen molar-refractivity contribution in [2.45, 2.75) is 44.7 Å². The Kier molecular flexibility index (Phi) is 10.6. The highest BCUT2D eigenvalue weighted by molar-refractivity contribution is 14.0. The van der Waals surface area contributed by atoms with Crippen LogP contribution < -0.4 is 15.4 Å². The number of piperidine rings is 1. The number of hydrogen-bond acceptors (Lipinski definition) is 5. The van der Waals surface area contributed by atoms with Crippen LogP contribution in [0.15, 0.2) is 21.8 Å². The first kappa shape index (κ1) is 24.8. The summed E-state index contributed by atoms with van der Waals surface area (Å²) in [4.78, 5) is 6.73. The van der Waals surface area contributed by atoms with Crippen molar-refractivity contribution in [3.8, 4) is 0 Å². The van der Waals surface area contributed by atoms with Gasteiger partial charge in [-0.3, -0.25) is 9.89 Å². The molecule has 0 bridgehead atoms. The Morgan fingerprint density at radius 2 is 2.03 bits per heavy atom. The van der Waals surface area contributed by atoms with Gasteiger partial charge in [-0.1, -0.05) is 6.42 Å². The second kappa shape index (κ2) is 12.4. The first-order valence-electron chi connectivity index (χ1n) is 10.2. The SMILES string of the molecule is CN=C(NCCS(=O)(=O)NCC1CCC1)NC1CCN(Cc2ccsc2)CC1.I. The summed E-state index contributed by atoms with van der Waals surface area (Å²) in [6.45, 7) is 4.08. The molecule has 7 nitrogen and oxygen atoms in total. The van der Waals surface area contributed by atoms with Gasteiger partial charge in [0, 0.05) is 45.8 Å². The number of nitrogens with one attached hydrogen (secondary N) is 3. The first-order chi connectivity index (χ1) is 13.5. The molecule has 0 radical (unpaired) electrons. The van der Waals surface area contributed by atoms with Gasteiger partial charge in [0.1, 0.15) is 0 Å². The molecule has 0 atom stereocenters. The predicted octanol–water partition coefficient (Wildman–Crippen LogP) is 2.22. The smallest absolute Gasteiger partial charge is 0.213 e. The van der Waals surface area contributed by atoms with E-state index in [1.165, 1.54) is 12.0 Å². The molecule has 0 spiro atoms. The fourth-order valence-electron chi connectivity index (χ4n) is 3.58. The van der Waals surface area contributed by atoms with Gasteiger partial charge in [0.25, 0.3) is 0 Å². The van der Waals surface area contributed by atoms with Gasteiger partial charge in [-0.15, -0.1) is 24.0 Å². The van der Waals surface area contributed by atoms with Crippen LogP contribution in [0.5, 0.6) is 0 Å². The van der Waals surface area contributed by atoms with Crippen molar-refractivity contribution in [3.63, 3.8) is 0 Å². The van der Waals surface area contributed by atoms with Crippen molar-refractivity contribution in [3.05, 3.63) is 22.4 Å². The minimum atomic E-state index is -3.22. The van der Waals surface area contributed by atoms with Gasteiger partial charge in [0.05, 0.1) is 5.75 Å². The molecule has 2 aliphatic rings. The van der Waals surface area contributed by atoms with E-state index in [1.807, 2.05) is 0 Å². The van der Waals surface area contributed by atoms with E-state index in [0.29, 0.717) is 31.0 Å². The third-order valence-corrected chi connectivity index (χ3v) is 7.70. The molecule has 2 fully saturated rings. The van der Waals surface area contributed by atoms with Crippen molar-refractivity contribution in [2.75, 3.05) is 39.0 Å². The van der Waals surface area contributed by atoms with E-state index in [9.17, 15) is 8.42 Å². The van der Waals surface area contributed by atoms with Crippen LogP contribution in [-0.2, 0) is 16.6 Å². The number of likely N-dealkylation sites (tertiary alicyclic amines) is 1. The number of halogens is 1. The van der Waals surface area contributed by atoms with E-state index in [-0.39, 0.29) is 29.7 Å². The van der Waals surface area contributed by atoms with Gasteiger partial charge >= 0.3 is 0 Å². The van der Waals surface area contributed by atoms with Gasteiger partial charge < -0.3 is 10.6 Å². The van der Waals surface area contributed by atoms with Crippen LogP contribution in [-0.4, -0.2) is 64.3 Å². The number of guanidine groups is 1. The lowest BCUT2D eigenvalue weighted by molar-refractivity contribution is 0.198. The quantitative estimate of drug-likeness (QED) is 0.247. The molecule has 166 valence electrons. The number of thiophene rings is 1. The highest BCUT2D eigenvalue weighted by Crippen LogP contribution is 2.25. The summed E-state index contributed by atoms with van der Waals surface area (Å²) in [5.41, 5.74) is 1.39. The Bertz CT molecular complexity index is 715. The van der Waals surface area contributed by atoms with Crippen molar-refractivity contribution < 1.29 is 8.42 Å². The van der Waals surface area contributed by atoms with Crippen LogP contribution in [0.2, 0.25) is 0 Å². The Hall–Kier alpha value is -0.430. The molecule has 2 heterocycles. The lowest BCUT2D eigenvalue weighted by Crippen LogP contribution is -2.49. The van der Waals surface area contributed by atoms with Crippen LogP contribution in [0, 0.1) is 5.92 Å². The van der Waals surface area contributed by atoms with E-state index in [1.54, 1.807) is 18.4 Å². The molecular weight excluding hydrogens is 521 g/mol. The van der Waals surface area contributed by atoms with Crippen LogP contribution in [0.1, 0.15) is 37.7 Å². The molecule has 0 amide bonds. The molecule has 3 rings (SSSR count). The van der Waals surface area contributed by atoms with Gasteiger partial charge in [0.15, 0.2) is 5.96 Å². The maximum atomic E-state index is 12.1. The molecule has 3 N–H and O–H groups in total. The van der Waals surface area contributed by atoms with E-state index >= 15 is 0 Å². The van der Waals surface area contributed by atoms with Gasteiger partial charge in [-0.05, 0) is 54.0 Å². The average molecular weight is 556 g/mol. The zero-order valence-corrected chi connectivity index (χ0v) is 21.1. The second-order valence-electron chi connectivity index (χ2n) is 7.79.